The van der Waals surface area contributed by atoms with E-state index in [2.05, 4.69) is 16.0 Å². The molecule has 1 aliphatic rings. The van der Waals surface area contributed by atoms with E-state index >= 15 is 0 Å². The molecule has 1 N–H and O–H groups in total. The third-order valence-corrected chi connectivity index (χ3v) is 5.47. The van der Waals surface area contributed by atoms with Crippen LogP contribution in [0.5, 0.6) is 0 Å². The van der Waals surface area contributed by atoms with E-state index in [1.165, 1.54) is 24.5 Å². The number of pyridine rings is 2. The Kier molecular flexibility index (Phi) is 8.78. The summed E-state index contributed by atoms with van der Waals surface area (Å²) in [4.78, 5) is 20.3. The summed E-state index contributed by atoms with van der Waals surface area (Å²) in [7, 11) is 0. The molecule has 3 heterocycles. The third kappa shape index (κ3) is 6.61. The molecule has 33 heavy (non-hydrogen) atoms. The van der Waals surface area contributed by atoms with E-state index in [0.717, 1.165) is 41.0 Å². The fourth-order valence-electron chi connectivity index (χ4n) is 3.34. The van der Waals surface area contributed by atoms with Crippen molar-refractivity contribution in [3.05, 3.63) is 59.8 Å². The van der Waals surface area contributed by atoms with Crippen molar-refractivity contribution in [3.63, 3.8) is 0 Å². The number of aliphatic hydroxyl groups excluding tert-OH is 1. The maximum absolute atomic E-state index is 11.5. The van der Waals surface area contributed by atoms with Crippen LogP contribution in [0.4, 0.5) is 0 Å². The summed E-state index contributed by atoms with van der Waals surface area (Å²) < 4.78 is 6.04. The van der Waals surface area contributed by atoms with E-state index in [0.29, 0.717) is 0 Å². The molecule has 0 saturated heterocycles. The van der Waals surface area contributed by atoms with Gasteiger partial charge in [0.25, 0.3) is 0 Å². The van der Waals surface area contributed by atoms with Gasteiger partial charge in [0.15, 0.2) is 5.78 Å². The molecule has 0 saturated carbocycles. The molecule has 3 aromatic rings. The number of aromatic nitrogens is 2. The van der Waals surface area contributed by atoms with Crippen LogP contribution in [0.2, 0.25) is 0 Å². The average molecular weight is 626 g/mol. The second kappa shape index (κ2) is 10.8. The van der Waals surface area contributed by atoms with Crippen LogP contribution in [-0.2, 0) is 37.7 Å². The number of furan rings is 1. The van der Waals surface area contributed by atoms with Crippen LogP contribution in [0.25, 0.3) is 22.4 Å². The van der Waals surface area contributed by atoms with Gasteiger partial charge in [-0.3, -0.25) is 9.78 Å². The second-order valence-corrected chi connectivity index (χ2v) is 10.3. The maximum Gasteiger partial charge on any atom is 0.164 e. The molecular weight excluding hydrogens is 593 g/mol. The molecule has 0 amide bonds. The van der Waals surface area contributed by atoms with Gasteiger partial charge in [0.05, 0.1) is 11.3 Å². The normalized spacial score (nSPS) is 14.1. The summed E-state index contributed by atoms with van der Waals surface area (Å²) in [6.45, 7) is 11.1. The van der Waals surface area contributed by atoms with Gasteiger partial charge in [0, 0.05) is 60.8 Å². The van der Waals surface area contributed by atoms with Crippen molar-refractivity contribution in [1.82, 2.24) is 9.97 Å². The predicted octanol–water partition coefficient (Wildman–Crippen LogP) is 6.66. The Morgan fingerprint density at radius 2 is 1.76 bits per heavy atom. The number of rotatable bonds is 2. The number of aryl methyl sites for hydroxylation is 2. The zero-order chi connectivity index (χ0) is 23.5. The molecule has 5 nitrogen and oxygen atoms in total. The summed E-state index contributed by atoms with van der Waals surface area (Å²) in [6, 6.07) is 9.04. The monoisotopic (exact) mass is 626 g/mol. The van der Waals surface area contributed by atoms with Gasteiger partial charge >= 0.3 is 0 Å². The quantitative estimate of drug-likeness (QED) is 0.196. The van der Waals surface area contributed by atoms with Crippen LogP contribution in [-0.4, -0.2) is 20.9 Å². The Hall–Kier alpha value is -2.30. The average Bonchev–Trinajstić information content (AvgIpc) is 3.12. The zero-order valence-corrected chi connectivity index (χ0v) is 22.7. The van der Waals surface area contributed by atoms with E-state index in [9.17, 15) is 9.90 Å². The van der Waals surface area contributed by atoms with Crippen molar-refractivity contribution in [3.8, 4) is 11.3 Å². The van der Waals surface area contributed by atoms with Crippen LogP contribution in [0.15, 0.2) is 46.8 Å². The SMILES string of the molecule is CC(C)(C)C(=O)/C=C(\O)C(C)(C)C.[Ir].[c-]1cnc2c3c(oc2c1-c1ccccn1)CCCC3. The van der Waals surface area contributed by atoms with Gasteiger partial charge in [0.2, 0.25) is 0 Å². The number of aliphatic hydroxyl groups is 1. The van der Waals surface area contributed by atoms with Crippen molar-refractivity contribution >= 4 is 16.9 Å². The summed E-state index contributed by atoms with van der Waals surface area (Å²) in [5.74, 6) is 1.21. The van der Waals surface area contributed by atoms with Gasteiger partial charge in [0.1, 0.15) is 5.76 Å². The molecule has 3 aromatic heterocycles. The van der Waals surface area contributed by atoms with Crippen molar-refractivity contribution in [2.75, 3.05) is 0 Å². The predicted molar refractivity (Wildman–Crippen MR) is 127 cm³/mol. The summed E-state index contributed by atoms with van der Waals surface area (Å²) in [5, 5.41) is 9.56. The molecule has 0 fully saturated rings. The van der Waals surface area contributed by atoms with Gasteiger partial charge < -0.3 is 14.5 Å². The summed E-state index contributed by atoms with van der Waals surface area (Å²) in [6.07, 6.45) is 9.37. The minimum atomic E-state index is -0.417. The molecule has 1 aliphatic carbocycles. The van der Waals surface area contributed by atoms with Crippen molar-refractivity contribution < 1.29 is 34.4 Å². The first kappa shape index (κ1) is 26.9. The molecule has 6 heteroatoms. The Morgan fingerprint density at radius 1 is 1.06 bits per heavy atom. The van der Waals surface area contributed by atoms with E-state index in [1.807, 2.05) is 59.7 Å². The number of ketones is 1. The van der Waals surface area contributed by atoms with Crippen LogP contribution >= 0.6 is 0 Å². The first-order valence-corrected chi connectivity index (χ1v) is 11.2. The fraction of sp³-hybridized carbons (Fsp3) is 0.444. The minimum Gasteiger partial charge on any atom is -0.517 e. The number of nitrogens with zero attached hydrogens (tertiary/aromatic N) is 2. The van der Waals surface area contributed by atoms with E-state index in [4.69, 9.17) is 4.42 Å². The fourth-order valence-corrected chi connectivity index (χ4v) is 3.34. The molecule has 179 valence electrons. The zero-order valence-electron chi connectivity index (χ0n) is 20.3. The molecule has 0 bridgehead atoms. The van der Waals surface area contributed by atoms with E-state index in [1.54, 1.807) is 12.4 Å². The minimum absolute atomic E-state index is 0. The van der Waals surface area contributed by atoms with Gasteiger partial charge in [-0.15, -0.1) is 5.56 Å². The Morgan fingerprint density at radius 3 is 2.36 bits per heavy atom. The maximum atomic E-state index is 11.5. The second-order valence-electron chi connectivity index (χ2n) is 10.3. The molecule has 0 atom stereocenters. The number of carbonyl (C=O) groups is 1. The third-order valence-electron chi connectivity index (χ3n) is 5.47. The Balaban J connectivity index is 0.000000246. The molecule has 0 aromatic carbocycles. The number of hydrogen-bond donors (Lipinski definition) is 1. The summed E-state index contributed by atoms with van der Waals surface area (Å²) in [5.41, 5.74) is 4.16. The van der Waals surface area contributed by atoms with Crippen LogP contribution < -0.4 is 0 Å². The van der Waals surface area contributed by atoms with Gasteiger partial charge in [-0.25, -0.2) is 0 Å². The first-order chi connectivity index (χ1) is 15.0. The van der Waals surface area contributed by atoms with Crippen LogP contribution in [0.1, 0.15) is 65.7 Å². The topological polar surface area (TPSA) is 76.2 Å². The van der Waals surface area contributed by atoms with Crippen molar-refractivity contribution in [1.29, 1.82) is 0 Å². The molecule has 4 rings (SSSR count). The van der Waals surface area contributed by atoms with Gasteiger partial charge in [-0.1, -0.05) is 53.7 Å². The van der Waals surface area contributed by atoms with Crippen LogP contribution in [0.3, 0.4) is 0 Å². The molecule has 0 spiro atoms. The van der Waals surface area contributed by atoms with Crippen LogP contribution in [0, 0.1) is 16.9 Å². The molecular formula is C27H33IrN2O3-. The van der Waals surface area contributed by atoms with Gasteiger partial charge in [-0.2, -0.15) is 6.07 Å². The molecule has 1 radical (unpaired) electrons. The van der Waals surface area contributed by atoms with Crippen molar-refractivity contribution in [2.24, 2.45) is 10.8 Å². The number of allylic oxidation sites excluding steroid dienone is 2. The Bertz CT molecular complexity index is 1120. The number of hydrogen-bond acceptors (Lipinski definition) is 5. The van der Waals surface area contributed by atoms with Gasteiger partial charge in [-0.05, 0) is 37.2 Å². The van der Waals surface area contributed by atoms with E-state index < -0.39 is 5.41 Å². The smallest absolute Gasteiger partial charge is 0.164 e. The molecule has 0 aliphatic heterocycles. The molecule has 0 unspecified atom stereocenters. The number of carbonyl (C=O) groups excluding carboxylic acids is 1. The first-order valence-electron chi connectivity index (χ1n) is 11.2. The summed E-state index contributed by atoms with van der Waals surface area (Å²) >= 11 is 0. The largest absolute Gasteiger partial charge is 0.517 e. The standard InChI is InChI=1S/C16H13N2O.C11H20O2.Ir/c1-2-7-14-12(5-1)15-16(19-14)11(8-10-18-15)13-6-3-4-9-17-13;1-10(2,3)8(12)7-9(13)11(4,5)6;/h3-4,6,9-10H,1-2,5,7H2;7,12H,1-6H3;/q-1;;/b;8-7-;. The Labute approximate surface area is 210 Å². The van der Waals surface area contributed by atoms with E-state index in [-0.39, 0.29) is 37.1 Å². The number of fused-ring (bicyclic) bond motifs is 3. The van der Waals surface area contributed by atoms with Crippen molar-refractivity contribution in [2.45, 2.75) is 67.2 Å².